The Kier molecular flexibility index (Phi) is 5.51. The van der Waals surface area contributed by atoms with Gasteiger partial charge in [0.1, 0.15) is 0 Å². The van der Waals surface area contributed by atoms with Crippen LogP contribution in [-0.4, -0.2) is 19.1 Å². The van der Waals surface area contributed by atoms with E-state index in [1.807, 2.05) is 42.5 Å². The first kappa shape index (κ1) is 18.4. The number of rotatable bonds is 5. The Hall–Kier alpha value is -2.95. The molecule has 4 heteroatoms. The van der Waals surface area contributed by atoms with Gasteiger partial charge in [0.2, 0.25) is 5.91 Å². The molecule has 28 heavy (non-hydrogen) atoms. The van der Waals surface area contributed by atoms with Crippen molar-refractivity contribution in [3.05, 3.63) is 95.6 Å². The van der Waals surface area contributed by atoms with Crippen molar-refractivity contribution in [2.75, 3.05) is 13.2 Å². The molecule has 1 aliphatic rings. The van der Waals surface area contributed by atoms with Gasteiger partial charge in [0.05, 0.1) is 19.3 Å². The SMILES string of the molecule is CC(=O)NC(c1ccc(-c2ccccc2)cc1)c1cccc(C2OCCO2)c1. The van der Waals surface area contributed by atoms with E-state index in [0.717, 1.165) is 22.3 Å². The summed E-state index contributed by atoms with van der Waals surface area (Å²) in [6.07, 6.45) is -0.335. The molecule has 4 nitrogen and oxygen atoms in total. The summed E-state index contributed by atoms with van der Waals surface area (Å²) in [6, 6.07) is 26.4. The molecule has 0 bridgehead atoms. The zero-order valence-electron chi connectivity index (χ0n) is 15.8. The molecule has 4 rings (SSSR count). The molecule has 1 heterocycles. The van der Waals surface area contributed by atoms with Crippen LogP contribution in [0.5, 0.6) is 0 Å². The van der Waals surface area contributed by atoms with Gasteiger partial charge in [-0.3, -0.25) is 4.79 Å². The highest BCUT2D eigenvalue weighted by Crippen LogP contribution is 2.29. The summed E-state index contributed by atoms with van der Waals surface area (Å²) < 4.78 is 11.2. The summed E-state index contributed by atoms with van der Waals surface area (Å²) in [6.45, 7) is 2.74. The van der Waals surface area contributed by atoms with Crippen LogP contribution < -0.4 is 5.32 Å². The molecule has 3 aromatic rings. The highest BCUT2D eigenvalue weighted by molar-refractivity contribution is 5.74. The van der Waals surface area contributed by atoms with Crippen LogP contribution >= 0.6 is 0 Å². The van der Waals surface area contributed by atoms with Crippen LogP contribution in [0.25, 0.3) is 11.1 Å². The van der Waals surface area contributed by atoms with Gasteiger partial charge in [-0.15, -0.1) is 0 Å². The quantitative estimate of drug-likeness (QED) is 0.710. The number of nitrogens with one attached hydrogen (secondary N) is 1. The second kappa shape index (κ2) is 8.38. The molecule has 0 radical (unpaired) electrons. The lowest BCUT2D eigenvalue weighted by Crippen LogP contribution is -2.27. The summed E-state index contributed by atoms with van der Waals surface area (Å²) in [5, 5.41) is 3.07. The van der Waals surface area contributed by atoms with Gasteiger partial charge in [-0.25, -0.2) is 0 Å². The van der Waals surface area contributed by atoms with Crippen molar-refractivity contribution in [2.45, 2.75) is 19.3 Å². The Morgan fingerprint density at radius 2 is 1.54 bits per heavy atom. The summed E-state index contributed by atoms with van der Waals surface area (Å²) in [4.78, 5) is 11.9. The van der Waals surface area contributed by atoms with Gasteiger partial charge in [-0.1, -0.05) is 72.8 Å². The Morgan fingerprint density at radius 1 is 0.857 bits per heavy atom. The van der Waals surface area contributed by atoms with Gasteiger partial charge in [0.15, 0.2) is 6.29 Å². The highest BCUT2D eigenvalue weighted by Gasteiger charge is 2.21. The van der Waals surface area contributed by atoms with E-state index >= 15 is 0 Å². The average molecular weight is 373 g/mol. The molecule has 1 fully saturated rings. The Morgan fingerprint density at radius 3 is 2.21 bits per heavy atom. The summed E-state index contributed by atoms with van der Waals surface area (Å²) in [5.41, 5.74) is 5.31. The van der Waals surface area contributed by atoms with Crippen LogP contribution in [0.1, 0.15) is 35.9 Å². The summed E-state index contributed by atoms with van der Waals surface area (Å²) in [7, 11) is 0. The zero-order chi connectivity index (χ0) is 19.3. The van der Waals surface area contributed by atoms with Crippen molar-refractivity contribution in [3.8, 4) is 11.1 Å². The first-order valence-electron chi connectivity index (χ1n) is 9.46. The van der Waals surface area contributed by atoms with Crippen molar-refractivity contribution >= 4 is 5.91 Å². The van der Waals surface area contributed by atoms with Gasteiger partial charge >= 0.3 is 0 Å². The Labute approximate surface area is 165 Å². The van der Waals surface area contributed by atoms with E-state index in [9.17, 15) is 4.79 Å². The Bertz CT molecular complexity index is 932. The monoisotopic (exact) mass is 373 g/mol. The fourth-order valence-electron chi connectivity index (χ4n) is 3.50. The lowest BCUT2D eigenvalue weighted by Gasteiger charge is -2.21. The third-order valence-corrected chi connectivity index (χ3v) is 4.84. The van der Waals surface area contributed by atoms with E-state index < -0.39 is 0 Å². The molecule has 0 saturated carbocycles. The molecule has 1 atom stereocenters. The standard InChI is InChI=1S/C24H23NO3/c1-17(26)25-23(21-8-5-9-22(16-21)24-27-14-15-28-24)20-12-10-19(11-13-20)18-6-3-2-4-7-18/h2-13,16,23-24H,14-15H2,1H3,(H,25,26). The third-order valence-electron chi connectivity index (χ3n) is 4.84. The predicted molar refractivity (Wildman–Crippen MR) is 109 cm³/mol. The van der Waals surface area contributed by atoms with E-state index in [-0.39, 0.29) is 18.2 Å². The van der Waals surface area contributed by atoms with Crippen LogP contribution in [0.3, 0.4) is 0 Å². The minimum absolute atomic E-state index is 0.0732. The molecule has 1 amide bonds. The molecule has 0 spiro atoms. The van der Waals surface area contributed by atoms with Crippen LogP contribution in [0.4, 0.5) is 0 Å². The fraction of sp³-hybridized carbons (Fsp3) is 0.208. The Balaban J connectivity index is 1.65. The van der Waals surface area contributed by atoms with Gasteiger partial charge in [0.25, 0.3) is 0 Å². The largest absolute Gasteiger partial charge is 0.346 e. The summed E-state index contributed by atoms with van der Waals surface area (Å²) in [5.74, 6) is -0.0732. The molecule has 0 aliphatic carbocycles. The fourth-order valence-corrected chi connectivity index (χ4v) is 3.50. The maximum absolute atomic E-state index is 11.9. The summed E-state index contributed by atoms with van der Waals surface area (Å²) >= 11 is 0. The molecule has 0 aromatic heterocycles. The second-order valence-electron chi connectivity index (χ2n) is 6.87. The van der Waals surface area contributed by atoms with E-state index in [0.29, 0.717) is 13.2 Å². The maximum atomic E-state index is 11.9. The van der Waals surface area contributed by atoms with Gasteiger partial charge in [0, 0.05) is 12.5 Å². The smallest absolute Gasteiger partial charge is 0.217 e. The van der Waals surface area contributed by atoms with E-state index in [2.05, 4.69) is 41.7 Å². The van der Waals surface area contributed by atoms with Crippen molar-refractivity contribution in [1.82, 2.24) is 5.32 Å². The third kappa shape index (κ3) is 4.14. The molecule has 1 aliphatic heterocycles. The lowest BCUT2D eigenvalue weighted by molar-refractivity contribution is -0.119. The minimum Gasteiger partial charge on any atom is -0.346 e. The molecule has 1 saturated heterocycles. The number of hydrogen-bond donors (Lipinski definition) is 1. The lowest BCUT2D eigenvalue weighted by atomic mass is 9.95. The second-order valence-corrected chi connectivity index (χ2v) is 6.87. The molecule has 1 N–H and O–H groups in total. The number of amides is 1. The maximum Gasteiger partial charge on any atom is 0.217 e. The highest BCUT2D eigenvalue weighted by atomic mass is 16.7. The van der Waals surface area contributed by atoms with Crippen molar-refractivity contribution in [3.63, 3.8) is 0 Å². The normalized spacial score (nSPS) is 15.3. The van der Waals surface area contributed by atoms with E-state index in [1.165, 1.54) is 5.56 Å². The first-order chi connectivity index (χ1) is 13.7. The predicted octanol–water partition coefficient (Wildman–Crippen LogP) is 4.62. The van der Waals surface area contributed by atoms with Crippen molar-refractivity contribution in [1.29, 1.82) is 0 Å². The minimum atomic E-state index is -0.335. The van der Waals surface area contributed by atoms with Crippen LogP contribution in [0.15, 0.2) is 78.9 Å². The topological polar surface area (TPSA) is 47.6 Å². The van der Waals surface area contributed by atoms with Gasteiger partial charge in [-0.05, 0) is 28.3 Å². The van der Waals surface area contributed by atoms with E-state index in [1.54, 1.807) is 6.92 Å². The van der Waals surface area contributed by atoms with Gasteiger partial charge in [-0.2, -0.15) is 0 Å². The number of hydrogen-bond acceptors (Lipinski definition) is 3. The van der Waals surface area contributed by atoms with Gasteiger partial charge < -0.3 is 14.8 Å². The molecule has 1 unspecified atom stereocenters. The van der Waals surface area contributed by atoms with Crippen molar-refractivity contribution in [2.24, 2.45) is 0 Å². The molecule has 142 valence electrons. The van der Waals surface area contributed by atoms with Crippen molar-refractivity contribution < 1.29 is 14.3 Å². The van der Waals surface area contributed by atoms with E-state index in [4.69, 9.17) is 9.47 Å². The molecule has 3 aromatic carbocycles. The number of ether oxygens (including phenoxy) is 2. The molecular weight excluding hydrogens is 350 g/mol. The molecular formula is C24H23NO3. The van der Waals surface area contributed by atoms with Crippen LogP contribution in [0.2, 0.25) is 0 Å². The first-order valence-corrected chi connectivity index (χ1v) is 9.46. The number of benzene rings is 3. The number of carbonyl (C=O) groups excluding carboxylic acids is 1. The van der Waals surface area contributed by atoms with Crippen LogP contribution in [-0.2, 0) is 14.3 Å². The zero-order valence-corrected chi connectivity index (χ0v) is 15.8. The number of carbonyl (C=O) groups is 1. The average Bonchev–Trinajstić information content (AvgIpc) is 3.28. The van der Waals surface area contributed by atoms with Crippen LogP contribution in [0, 0.1) is 0 Å².